The molecule has 1 N–H and O–H groups in total. The van der Waals surface area contributed by atoms with Gasteiger partial charge in [-0.3, -0.25) is 0 Å². The standard InChI is InChI=1S/C20H18ClF4N3O4/c21-13-3-1-2-4-14(13)28-18-12-9-16(29-5-7-31-19(22)23)17(10-15(12)26-11-27-18)30-6-8-32-20(24)25/h1-4,9-11,19-20H,5-8H2,(H,26,27,28). The average molecular weight is 476 g/mol. The molecule has 0 aliphatic heterocycles. The van der Waals surface area contributed by atoms with E-state index in [-0.39, 0.29) is 37.9 Å². The summed E-state index contributed by atoms with van der Waals surface area (Å²) in [6, 6.07) is 10.1. The minimum atomic E-state index is -2.93. The molecule has 0 saturated carbocycles. The van der Waals surface area contributed by atoms with Crippen molar-refractivity contribution < 1.29 is 36.5 Å². The van der Waals surface area contributed by atoms with Crippen molar-refractivity contribution in [2.24, 2.45) is 0 Å². The van der Waals surface area contributed by atoms with E-state index in [1.54, 1.807) is 30.3 Å². The molecule has 0 fully saturated rings. The Kier molecular flexibility index (Phi) is 8.65. The summed E-state index contributed by atoms with van der Waals surface area (Å²) >= 11 is 6.19. The minimum Gasteiger partial charge on any atom is -0.487 e. The van der Waals surface area contributed by atoms with E-state index in [9.17, 15) is 17.6 Å². The minimum absolute atomic E-state index is 0.157. The first kappa shape index (κ1) is 23.8. The number of benzene rings is 2. The quantitative estimate of drug-likeness (QED) is 0.283. The third kappa shape index (κ3) is 6.81. The molecule has 3 rings (SSSR count). The lowest BCUT2D eigenvalue weighted by Gasteiger charge is -2.16. The highest BCUT2D eigenvalue weighted by molar-refractivity contribution is 6.33. The van der Waals surface area contributed by atoms with Crippen LogP contribution in [0.1, 0.15) is 0 Å². The number of hydrogen-bond donors (Lipinski definition) is 1. The van der Waals surface area contributed by atoms with Crippen molar-refractivity contribution in [3.8, 4) is 11.5 Å². The lowest BCUT2D eigenvalue weighted by atomic mass is 10.2. The molecule has 0 atom stereocenters. The summed E-state index contributed by atoms with van der Waals surface area (Å²) in [6.45, 7) is -7.01. The van der Waals surface area contributed by atoms with Crippen molar-refractivity contribution in [3.63, 3.8) is 0 Å². The van der Waals surface area contributed by atoms with Crippen LogP contribution in [-0.2, 0) is 9.47 Å². The molecular formula is C20H18ClF4N3O4. The van der Waals surface area contributed by atoms with Crippen LogP contribution in [0.2, 0.25) is 5.02 Å². The molecule has 3 aromatic rings. The predicted octanol–water partition coefficient (Wildman–Crippen LogP) is 5.26. The summed E-state index contributed by atoms with van der Waals surface area (Å²) in [5.41, 5.74) is 1.06. The SMILES string of the molecule is FC(F)OCCOc1cc2ncnc(Nc3ccccc3Cl)c2cc1OCCOC(F)F. The number of nitrogens with zero attached hydrogens (tertiary/aromatic N) is 2. The highest BCUT2D eigenvalue weighted by Crippen LogP contribution is 2.35. The highest BCUT2D eigenvalue weighted by atomic mass is 35.5. The maximum absolute atomic E-state index is 12.2. The fraction of sp³-hybridized carbons (Fsp3) is 0.300. The van der Waals surface area contributed by atoms with E-state index < -0.39 is 13.2 Å². The van der Waals surface area contributed by atoms with Crippen molar-refractivity contribution in [2.75, 3.05) is 31.7 Å². The Balaban J connectivity index is 1.87. The van der Waals surface area contributed by atoms with Gasteiger partial charge in [0.25, 0.3) is 0 Å². The topological polar surface area (TPSA) is 74.7 Å². The van der Waals surface area contributed by atoms with Crippen LogP contribution >= 0.6 is 11.6 Å². The van der Waals surface area contributed by atoms with Gasteiger partial charge >= 0.3 is 13.2 Å². The first-order valence-electron chi connectivity index (χ1n) is 9.29. The lowest BCUT2D eigenvalue weighted by molar-refractivity contribution is -0.134. The molecule has 0 unspecified atom stereocenters. The first-order valence-corrected chi connectivity index (χ1v) is 9.67. The zero-order valence-corrected chi connectivity index (χ0v) is 17.2. The number of alkyl halides is 4. The maximum Gasteiger partial charge on any atom is 0.345 e. The fourth-order valence-electron chi connectivity index (χ4n) is 2.66. The normalized spacial score (nSPS) is 11.3. The molecule has 0 saturated heterocycles. The highest BCUT2D eigenvalue weighted by Gasteiger charge is 2.14. The largest absolute Gasteiger partial charge is 0.487 e. The van der Waals surface area contributed by atoms with E-state index in [1.807, 2.05) is 0 Å². The summed E-state index contributed by atoms with van der Waals surface area (Å²) in [5, 5.41) is 4.10. The van der Waals surface area contributed by atoms with Gasteiger partial charge in [0, 0.05) is 11.5 Å². The van der Waals surface area contributed by atoms with Gasteiger partial charge in [-0.1, -0.05) is 23.7 Å². The van der Waals surface area contributed by atoms with Crippen molar-refractivity contribution in [1.29, 1.82) is 0 Å². The first-order chi connectivity index (χ1) is 15.4. The van der Waals surface area contributed by atoms with E-state index in [1.165, 1.54) is 12.4 Å². The second-order valence-electron chi connectivity index (χ2n) is 6.10. The summed E-state index contributed by atoms with van der Waals surface area (Å²) in [4.78, 5) is 8.41. The van der Waals surface area contributed by atoms with Crippen LogP contribution in [0.25, 0.3) is 10.9 Å². The molecule has 0 aliphatic rings. The Bertz CT molecular complexity index is 1030. The van der Waals surface area contributed by atoms with Gasteiger partial charge in [0.15, 0.2) is 11.5 Å². The number of aromatic nitrogens is 2. The van der Waals surface area contributed by atoms with Crippen LogP contribution in [-0.4, -0.2) is 49.6 Å². The number of halogens is 5. The molecule has 0 spiro atoms. The van der Waals surface area contributed by atoms with Crippen LogP contribution in [0.15, 0.2) is 42.7 Å². The Labute approximate surface area is 185 Å². The number of ether oxygens (including phenoxy) is 4. The summed E-state index contributed by atoms with van der Waals surface area (Å²) in [6.07, 6.45) is 1.32. The number of anilines is 2. The Morgan fingerprint density at radius 3 is 2.09 bits per heavy atom. The second-order valence-corrected chi connectivity index (χ2v) is 6.51. The molecule has 0 bridgehead atoms. The number of fused-ring (bicyclic) bond motifs is 1. The van der Waals surface area contributed by atoms with Gasteiger partial charge in [0.1, 0.15) is 25.4 Å². The van der Waals surface area contributed by atoms with E-state index in [0.717, 1.165) is 0 Å². The average Bonchev–Trinajstić information content (AvgIpc) is 2.76. The number of rotatable bonds is 12. The molecule has 1 heterocycles. The van der Waals surface area contributed by atoms with Gasteiger partial charge in [0.2, 0.25) is 0 Å². The summed E-state index contributed by atoms with van der Waals surface area (Å²) in [5.74, 6) is 0.726. The number of hydrogen-bond acceptors (Lipinski definition) is 7. The molecule has 2 aromatic carbocycles. The van der Waals surface area contributed by atoms with E-state index in [2.05, 4.69) is 24.8 Å². The fourth-order valence-corrected chi connectivity index (χ4v) is 2.84. The molecule has 1 aromatic heterocycles. The van der Waals surface area contributed by atoms with Crippen LogP contribution in [0, 0.1) is 0 Å². The lowest BCUT2D eigenvalue weighted by Crippen LogP contribution is -2.12. The monoisotopic (exact) mass is 475 g/mol. The van der Waals surface area contributed by atoms with Crippen LogP contribution in [0.3, 0.4) is 0 Å². The maximum atomic E-state index is 12.2. The molecule has 12 heteroatoms. The molecule has 172 valence electrons. The number of para-hydroxylation sites is 1. The Morgan fingerprint density at radius 2 is 1.47 bits per heavy atom. The van der Waals surface area contributed by atoms with Crippen molar-refractivity contribution >= 4 is 34.0 Å². The molecule has 7 nitrogen and oxygen atoms in total. The van der Waals surface area contributed by atoms with Gasteiger partial charge in [-0.15, -0.1) is 0 Å². The third-order valence-corrected chi connectivity index (χ3v) is 4.33. The summed E-state index contributed by atoms with van der Waals surface area (Å²) in [7, 11) is 0. The number of nitrogens with one attached hydrogen (secondary N) is 1. The van der Waals surface area contributed by atoms with Crippen molar-refractivity contribution in [3.05, 3.63) is 47.7 Å². The summed E-state index contributed by atoms with van der Waals surface area (Å²) < 4.78 is 68.1. The van der Waals surface area contributed by atoms with Crippen LogP contribution in [0.5, 0.6) is 11.5 Å². The second kappa shape index (κ2) is 11.7. The van der Waals surface area contributed by atoms with Gasteiger partial charge < -0.3 is 24.3 Å². The van der Waals surface area contributed by atoms with Crippen LogP contribution in [0.4, 0.5) is 29.1 Å². The molecule has 0 aliphatic carbocycles. The van der Waals surface area contributed by atoms with E-state index in [4.69, 9.17) is 21.1 Å². The Morgan fingerprint density at radius 1 is 0.844 bits per heavy atom. The van der Waals surface area contributed by atoms with Crippen molar-refractivity contribution in [2.45, 2.75) is 13.2 Å². The van der Waals surface area contributed by atoms with Crippen LogP contribution < -0.4 is 14.8 Å². The van der Waals surface area contributed by atoms with E-state index in [0.29, 0.717) is 27.4 Å². The zero-order valence-electron chi connectivity index (χ0n) is 16.4. The van der Waals surface area contributed by atoms with Gasteiger partial charge in [-0.05, 0) is 18.2 Å². The van der Waals surface area contributed by atoms with E-state index >= 15 is 0 Å². The third-order valence-electron chi connectivity index (χ3n) is 4.00. The molecule has 0 radical (unpaired) electrons. The smallest absolute Gasteiger partial charge is 0.345 e. The zero-order chi connectivity index (χ0) is 22.9. The molecular weight excluding hydrogens is 458 g/mol. The predicted molar refractivity (Wildman–Crippen MR) is 109 cm³/mol. The Hall–Kier alpha value is -2.89. The van der Waals surface area contributed by atoms with Gasteiger partial charge in [-0.2, -0.15) is 17.6 Å². The van der Waals surface area contributed by atoms with Crippen molar-refractivity contribution in [1.82, 2.24) is 9.97 Å². The molecule has 0 amide bonds. The van der Waals surface area contributed by atoms with Gasteiger partial charge in [-0.25, -0.2) is 9.97 Å². The van der Waals surface area contributed by atoms with Gasteiger partial charge in [0.05, 0.1) is 29.4 Å². The molecule has 32 heavy (non-hydrogen) atoms.